The molecule has 0 aliphatic carbocycles. The zero-order valence-electron chi connectivity index (χ0n) is 7.04. The molecule has 0 amide bonds. The molecule has 1 aliphatic heterocycles. The highest BCUT2D eigenvalue weighted by atomic mass is 32.2. The molecule has 1 atom stereocenters. The molecule has 2 rings (SSSR count). The van der Waals surface area contributed by atoms with E-state index in [4.69, 9.17) is 5.73 Å². The van der Waals surface area contributed by atoms with Crippen LogP contribution in [-0.4, -0.2) is 16.5 Å². The normalized spacial score (nSPS) is 29.5. The summed E-state index contributed by atoms with van der Waals surface area (Å²) in [7, 11) is 0. The third kappa shape index (κ3) is 1.39. The van der Waals surface area contributed by atoms with E-state index in [0.717, 1.165) is 22.9 Å². The molecule has 1 aliphatic rings. The molecule has 1 unspecified atom stereocenters. The first-order valence-corrected chi connectivity index (χ1v) is 6.03. The third-order valence-corrected chi connectivity index (χ3v) is 4.49. The summed E-state index contributed by atoms with van der Waals surface area (Å²) in [6.45, 7) is 2.02. The van der Waals surface area contributed by atoms with Crippen LogP contribution in [0.15, 0.2) is 5.38 Å². The summed E-state index contributed by atoms with van der Waals surface area (Å²) in [5.74, 6) is 2.20. The van der Waals surface area contributed by atoms with E-state index in [1.807, 2.05) is 18.7 Å². The second-order valence-electron chi connectivity index (χ2n) is 3.25. The van der Waals surface area contributed by atoms with E-state index in [1.165, 1.54) is 5.75 Å². The number of thioether (sulfide) groups is 1. The second kappa shape index (κ2) is 3.01. The van der Waals surface area contributed by atoms with Gasteiger partial charge in [-0.25, -0.2) is 4.98 Å². The molecule has 0 spiro atoms. The molecule has 0 saturated carbocycles. The lowest BCUT2D eigenvalue weighted by molar-refractivity contribution is 0.505. The molecule has 1 aromatic heterocycles. The van der Waals surface area contributed by atoms with Crippen LogP contribution in [0.4, 0.5) is 0 Å². The maximum Gasteiger partial charge on any atom is 0.114 e. The highest BCUT2D eigenvalue weighted by Crippen LogP contribution is 2.35. The van der Waals surface area contributed by atoms with Crippen molar-refractivity contribution in [3.05, 3.63) is 16.1 Å². The van der Waals surface area contributed by atoms with Crippen LogP contribution in [0.1, 0.15) is 17.1 Å². The van der Waals surface area contributed by atoms with Crippen LogP contribution in [0.3, 0.4) is 0 Å². The summed E-state index contributed by atoms with van der Waals surface area (Å²) in [6, 6.07) is 0. The number of hydrogen-bond acceptors (Lipinski definition) is 4. The van der Waals surface area contributed by atoms with Crippen LogP contribution in [0.5, 0.6) is 0 Å². The Kier molecular flexibility index (Phi) is 2.14. The number of aromatic nitrogens is 1. The monoisotopic (exact) mass is 200 g/mol. The van der Waals surface area contributed by atoms with Gasteiger partial charge in [0.15, 0.2) is 0 Å². The summed E-state index contributed by atoms with van der Waals surface area (Å²) in [5, 5.41) is 3.19. The van der Waals surface area contributed by atoms with Crippen molar-refractivity contribution in [2.24, 2.45) is 5.73 Å². The SMILES string of the molecule is Cc1csc(C2(N)CCSC2)n1. The Bertz CT molecular complexity index is 276. The molecular formula is C8H12N2S2. The largest absolute Gasteiger partial charge is 0.319 e. The van der Waals surface area contributed by atoms with Gasteiger partial charge in [0, 0.05) is 16.8 Å². The number of aryl methyl sites for hydroxylation is 1. The topological polar surface area (TPSA) is 38.9 Å². The Morgan fingerprint density at radius 2 is 2.50 bits per heavy atom. The number of nitrogens with two attached hydrogens (primary N) is 1. The molecule has 2 N–H and O–H groups in total. The average Bonchev–Trinajstić information content (AvgIpc) is 2.59. The second-order valence-corrected chi connectivity index (χ2v) is 5.22. The first-order chi connectivity index (χ1) is 5.71. The van der Waals surface area contributed by atoms with E-state index in [9.17, 15) is 0 Å². The number of nitrogens with zero attached hydrogens (tertiary/aromatic N) is 1. The molecule has 1 aromatic rings. The first-order valence-electron chi connectivity index (χ1n) is 4.00. The zero-order chi connectivity index (χ0) is 8.60. The van der Waals surface area contributed by atoms with E-state index in [0.29, 0.717) is 0 Å². The summed E-state index contributed by atoms with van der Waals surface area (Å²) in [5.41, 5.74) is 7.19. The Morgan fingerprint density at radius 1 is 1.67 bits per heavy atom. The summed E-state index contributed by atoms with van der Waals surface area (Å²) in [4.78, 5) is 4.44. The standard InChI is InChI=1S/C8H12N2S2/c1-6-4-12-7(10-6)8(9)2-3-11-5-8/h4H,2-3,5,9H2,1H3. The Hall–Kier alpha value is -0.0600. The van der Waals surface area contributed by atoms with Crippen molar-refractivity contribution in [1.82, 2.24) is 4.98 Å². The number of hydrogen-bond donors (Lipinski definition) is 1. The van der Waals surface area contributed by atoms with Gasteiger partial charge < -0.3 is 5.73 Å². The van der Waals surface area contributed by atoms with Gasteiger partial charge in [-0.2, -0.15) is 11.8 Å². The van der Waals surface area contributed by atoms with Crippen molar-refractivity contribution in [1.29, 1.82) is 0 Å². The van der Waals surface area contributed by atoms with E-state index < -0.39 is 0 Å². The Balaban J connectivity index is 2.28. The summed E-state index contributed by atoms with van der Waals surface area (Å²) < 4.78 is 0. The van der Waals surface area contributed by atoms with Crippen molar-refractivity contribution >= 4 is 23.1 Å². The van der Waals surface area contributed by atoms with Crippen molar-refractivity contribution in [2.75, 3.05) is 11.5 Å². The zero-order valence-corrected chi connectivity index (χ0v) is 8.67. The van der Waals surface area contributed by atoms with E-state index in [1.54, 1.807) is 11.3 Å². The molecule has 1 saturated heterocycles. The van der Waals surface area contributed by atoms with Crippen LogP contribution in [0.2, 0.25) is 0 Å². The van der Waals surface area contributed by atoms with Gasteiger partial charge in [0.25, 0.3) is 0 Å². The van der Waals surface area contributed by atoms with Crippen molar-refractivity contribution in [3.63, 3.8) is 0 Å². The van der Waals surface area contributed by atoms with Crippen molar-refractivity contribution in [2.45, 2.75) is 18.9 Å². The lowest BCUT2D eigenvalue weighted by Crippen LogP contribution is -2.36. The fourth-order valence-electron chi connectivity index (χ4n) is 1.33. The minimum absolute atomic E-state index is 0.121. The highest BCUT2D eigenvalue weighted by Gasteiger charge is 2.34. The van der Waals surface area contributed by atoms with Crippen LogP contribution in [0, 0.1) is 6.92 Å². The van der Waals surface area contributed by atoms with Gasteiger partial charge in [0.05, 0.1) is 5.54 Å². The molecule has 4 heteroatoms. The molecule has 2 nitrogen and oxygen atoms in total. The molecule has 0 aromatic carbocycles. The molecule has 1 fully saturated rings. The van der Waals surface area contributed by atoms with Gasteiger partial charge in [0.1, 0.15) is 5.01 Å². The quantitative estimate of drug-likeness (QED) is 0.750. The summed E-state index contributed by atoms with van der Waals surface area (Å²) >= 11 is 3.62. The van der Waals surface area contributed by atoms with Crippen LogP contribution in [0.25, 0.3) is 0 Å². The fourth-order valence-corrected chi connectivity index (χ4v) is 3.66. The predicted octanol–water partition coefficient (Wildman–Crippen LogP) is 1.74. The van der Waals surface area contributed by atoms with E-state index in [-0.39, 0.29) is 5.54 Å². The lowest BCUT2D eigenvalue weighted by atomic mass is 10.0. The van der Waals surface area contributed by atoms with Crippen LogP contribution in [-0.2, 0) is 5.54 Å². The molecular weight excluding hydrogens is 188 g/mol. The third-order valence-electron chi connectivity index (χ3n) is 2.10. The summed E-state index contributed by atoms with van der Waals surface area (Å²) in [6.07, 6.45) is 1.07. The number of rotatable bonds is 1. The van der Waals surface area contributed by atoms with E-state index >= 15 is 0 Å². The highest BCUT2D eigenvalue weighted by molar-refractivity contribution is 7.99. The van der Waals surface area contributed by atoms with Gasteiger partial charge >= 0.3 is 0 Å². The Labute approximate surface area is 80.6 Å². The molecule has 66 valence electrons. The van der Waals surface area contributed by atoms with Crippen molar-refractivity contribution < 1.29 is 0 Å². The Morgan fingerprint density at radius 3 is 3.00 bits per heavy atom. The molecule has 12 heavy (non-hydrogen) atoms. The van der Waals surface area contributed by atoms with Gasteiger partial charge in [-0.3, -0.25) is 0 Å². The molecule has 0 bridgehead atoms. The van der Waals surface area contributed by atoms with Gasteiger partial charge in [-0.1, -0.05) is 0 Å². The maximum atomic E-state index is 6.22. The van der Waals surface area contributed by atoms with Gasteiger partial charge in [-0.05, 0) is 19.1 Å². The first kappa shape index (κ1) is 8.53. The van der Waals surface area contributed by atoms with Gasteiger partial charge in [0.2, 0.25) is 0 Å². The van der Waals surface area contributed by atoms with Crippen molar-refractivity contribution in [3.8, 4) is 0 Å². The van der Waals surface area contributed by atoms with E-state index in [2.05, 4.69) is 10.4 Å². The van der Waals surface area contributed by atoms with Crippen LogP contribution < -0.4 is 5.73 Å². The smallest absolute Gasteiger partial charge is 0.114 e. The van der Waals surface area contributed by atoms with Crippen LogP contribution >= 0.6 is 23.1 Å². The minimum Gasteiger partial charge on any atom is -0.319 e. The lowest BCUT2D eigenvalue weighted by Gasteiger charge is -2.18. The minimum atomic E-state index is -0.121. The van der Waals surface area contributed by atoms with Gasteiger partial charge in [-0.15, -0.1) is 11.3 Å². The average molecular weight is 200 g/mol. The number of thiazole rings is 1. The fraction of sp³-hybridized carbons (Fsp3) is 0.625. The predicted molar refractivity (Wildman–Crippen MR) is 54.7 cm³/mol. The maximum absolute atomic E-state index is 6.22. The molecule has 2 heterocycles. The molecule has 0 radical (unpaired) electrons.